The molecule has 5 rings (SSSR count). The van der Waals surface area contributed by atoms with Gasteiger partial charge >= 0.3 is 0 Å². The van der Waals surface area contributed by atoms with E-state index in [0.29, 0.717) is 18.1 Å². The number of hydrogen-bond donors (Lipinski definition) is 1. The molecule has 4 heterocycles. The number of fused-ring (bicyclic) bond motifs is 1. The molecule has 10 heteroatoms. The molecule has 3 aromatic rings. The van der Waals surface area contributed by atoms with Crippen LogP contribution in [0.5, 0.6) is 0 Å². The molecule has 206 valence electrons. The number of anilines is 1. The zero-order valence-electron chi connectivity index (χ0n) is 23.1. The number of imidazole rings is 1. The van der Waals surface area contributed by atoms with Crippen LogP contribution in [0.15, 0.2) is 48.7 Å². The molecule has 2 aliphatic rings. The summed E-state index contributed by atoms with van der Waals surface area (Å²) in [7, 11) is 2.61. The summed E-state index contributed by atoms with van der Waals surface area (Å²) in [5.41, 5.74) is 3.25. The van der Waals surface area contributed by atoms with Crippen molar-refractivity contribution in [3.63, 3.8) is 0 Å². The molecule has 1 N–H and O–H groups in total. The maximum absolute atomic E-state index is 13.3. The summed E-state index contributed by atoms with van der Waals surface area (Å²) >= 11 is 0. The van der Waals surface area contributed by atoms with Gasteiger partial charge in [0.1, 0.15) is 0 Å². The van der Waals surface area contributed by atoms with Gasteiger partial charge in [0, 0.05) is 73.6 Å². The molecular formula is C29H38N6O3Si. The number of amides is 2. The number of pyridine rings is 1. The number of likely N-dealkylation sites (tertiary alicyclic amines) is 2. The molecule has 0 aliphatic carbocycles. The molecule has 2 atom stereocenters. The van der Waals surface area contributed by atoms with E-state index >= 15 is 0 Å². The fourth-order valence-electron chi connectivity index (χ4n) is 5.72. The van der Waals surface area contributed by atoms with Crippen molar-refractivity contribution < 1.29 is 14.3 Å². The lowest BCUT2D eigenvalue weighted by Crippen LogP contribution is -2.35. The number of nitrogens with one attached hydrogen (secondary N) is 1. The maximum Gasteiger partial charge on any atom is 0.258 e. The molecule has 0 bridgehead atoms. The van der Waals surface area contributed by atoms with E-state index in [9.17, 15) is 9.59 Å². The lowest BCUT2D eigenvalue weighted by Gasteiger charge is -2.26. The lowest BCUT2D eigenvalue weighted by atomic mass is 10.1. The lowest BCUT2D eigenvalue weighted by molar-refractivity contribution is -0.126. The minimum absolute atomic E-state index is 0.0143. The van der Waals surface area contributed by atoms with Crippen LogP contribution < -0.4 is 10.5 Å². The summed E-state index contributed by atoms with van der Waals surface area (Å²) < 4.78 is 7.63. The molecule has 2 aromatic heterocycles. The van der Waals surface area contributed by atoms with Crippen molar-refractivity contribution >= 4 is 44.2 Å². The molecular weight excluding hydrogens is 508 g/mol. The monoisotopic (exact) mass is 546 g/mol. The molecule has 2 aliphatic heterocycles. The molecule has 2 saturated heterocycles. The van der Waals surface area contributed by atoms with E-state index in [-0.39, 0.29) is 24.0 Å². The zero-order valence-corrected chi connectivity index (χ0v) is 25.1. The Morgan fingerprint density at radius 3 is 2.85 bits per heavy atom. The second-order valence-corrected chi connectivity index (χ2v) is 11.7. The molecule has 2 fully saturated rings. The maximum atomic E-state index is 13.3. The van der Waals surface area contributed by atoms with Gasteiger partial charge < -0.3 is 14.2 Å². The highest BCUT2D eigenvalue weighted by molar-refractivity contribution is 6.38. The third kappa shape index (κ3) is 6.29. The molecule has 0 radical (unpaired) electrons. The Labute approximate surface area is 232 Å². The van der Waals surface area contributed by atoms with Crippen LogP contribution in [-0.2, 0) is 9.53 Å². The summed E-state index contributed by atoms with van der Waals surface area (Å²) in [6.07, 6.45) is 9.54. The Morgan fingerprint density at radius 1 is 1.18 bits per heavy atom. The summed E-state index contributed by atoms with van der Waals surface area (Å²) in [6.45, 7) is 5.83. The van der Waals surface area contributed by atoms with E-state index in [1.165, 1.54) is 5.19 Å². The zero-order chi connectivity index (χ0) is 27.4. The standard InChI is InChI=1S/C29H38N6O3Si/c1-20-17-21(11-13-30-20)28(37)32-29-31-24-8-5-9-25(39)27(24)35(29)22-7-3-4-15-34(18-22)26(36)10-6-14-33-16-12-23(19-33)38-2/h5-6,8-11,13,17,22-23H,3-4,7,12,14-16,18-19H2,1-2,39H3,(H,31,32,37)/b10-6+/t22-,23-/m1/s1. The van der Waals surface area contributed by atoms with E-state index in [1.54, 1.807) is 31.5 Å². The number of para-hydroxylation sites is 1. The van der Waals surface area contributed by atoms with Gasteiger partial charge in [0.15, 0.2) is 0 Å². The average Bonchev–Trinajstić information content (AvgIpc) is 3.45. The first-order valence-electron chi connectivity index (χ1n) is 13.8. The van der Waals surface area contributed by atoms with Gasteiger partial charge in [-0.25, -0.2) is 4.98 Å². The van der Waals surface area contributed by atoms with E-state index < -0.39 is 0 Å². The van der Waals surface area contributed by atoms with E-state index in [4.69, 9.17) is 9.72 Å². The van der Waals surface area contributed by atoms with Crippen LogP contribution >= 0.6 is 0 Å². The van der Waals surface area contributed by atoms with Crippen LogP contribution in [-0.4, -0.2) is 92.3 Å². The van der Waals surface area contributed by atoms with Gasteiger partial charge in [-0.15, -0.1) is 0 Å². The highest BCUT2D eigenvalue weighted by Gasteiger charge is 2.27. The molecule has 0 spiro atoms. The smallest absolute Gasteiger partial charge is 0.258 e. The predicted molar refractivity (Wildman–Crippen MR) is 157 cm³/mol. The van der Waals surface area contributed by atoms with Crippen molar-refractivity contribution in [2.75, 3.05) is 45.2 Å². The molecule has 0 unspecified atom stereocenters. The van der Waals surface area contributed by atoms with Crippen molar-refractivity contribution in [1.29, 1.82) is 0 Å². The summed E-state index contributed by atoms with van der Waals surface area (Å²) in [6, 6.07) is 9.64. The average molecular weight is 547 g/mol. The normalized spacial score (nSPS) is 20.6. The number of hydrogen-bond acceptors (Lipinski definition) is 6. The highest BCUT2D eigenvalue weighted by atomic mass is 28.1. The van der Waals surface area contributed by atoms with Crippen molar-refractivity contribution in [3.05, 3.63) is 59.9 Å². The molecule has 2 amide bonds. The number of aromatic nitrogens is 3. The van der Waals surface area contributed by atoms with Gasteiger partial charge in [0.05, 0.1) is 23.2 Å². The first-order valence-corrected chi connectivity index (χ1v) is 14.8. The number of methoxy groups -OCH3 is 1. The number of benzene rings is 1. The molecule has 39 heavy (non-hydrogen) atoms. The third-order valence-electron chi connectivity index (χ3n) is 7.81. The van der Waals surface area contributed by atoms with E-state index in [2.05, 4.69) is 25.8 Å². The Hall–Kier alpha value is -3.34. The van der Waals surface area contributed by atoms with Gasteiger partial charge in [0.25, 0.3) is 5.91 Å². The number of aryl methyl sites for hydroxylation is 1. The van der Waals surface area contributed by atoms with E-state index in [1.807, 2.05) is 30.0 Å². The second kappa shape index (κ2) is 12.2. The topological polar surface area (TPSA) is 92.6 Å². The summed E-state index contributed by atoms with van der Waals surface area (Å²) in [5, 5.41) is 4.30. The van der Waals surface area contributed by atoms with Gasteiger partial charge in [-0.2, -0.15) is 0 Å². The number of nitrogens with zero attached hydrogens (tertiary/aromatic N) is 5. The van der Waals surface area contributed by atoms with Crippen molar-refractivity contribution in [3.8, 4) is 0 Å². The Kier molecular flexibility index (Phi) is 8.54. The van der Waals surface area contributed by atoms with Crippen LogP contribution in [0, 0.1) is 6.92 Å². The van der Waals surface area contributed by atoms with Crippen LogP contribution in [0.4, 0.5) is 5.95 Å². The number of ether oxygens (including phenoxy) is 1. The molecule has 0 saturated carbocycles. The minimum atomic E-state index is -0.214. The largest absolute Gasteiger partial charge is 0.380 e. The second-order valence-electron chi connectivity index (χ2n) is 10.6. The first-order chi connectivity index (χ1) is 18.9. The van der Waals surface area contributed by atoms with Gasteiger partial charge in [-0.05, 0) is 56.0 Å². The van der Waals surface area contributed by atoms with Gasteiger partial charge in [-0.3, -0.25) is 24.8 Å². The van der Waals surface area contributed by atoms with Crippen molar-refractivity contribution in [2.45, 2.75) is 44.8 Å². The number of carbonyl (C=O) groups excluding carboxylic acids is 2. The summed E-state index contributed by atoms with van der Waals surface area (Å²) in [4.78, 5) is 39.8. The highest BCUT2D eigenvalue weighted by Crippen LogP contribution is 2.30. The summed E-state index contributed by atoms with van der Waals surface area (Å²) in [5.74, 6) is 0.358. The SMILES string of the molecule is CO[C@@H]1CCN(C/C=C/C(=O)N2CCCC[C@@H](n3c(NC(=O)c4ccnc(C)c4)nc4cccc([SiH3])c43)C2)C1. The predicted octanol–water partition coefficient (Wildman–Crippen LogP) is 1.81. The fraction of sp³-hybridized carbons (Fsp3) is 0.448. The van der Waals surface area contributed by atoms with Crippen LogP contribution in [0.25, 0.3) is 11.0 Å². The van der Waals surface area contributed by atoms with Crippen LogP contribution in [0.2, 0.25) is 0 Å². The van der Waals surface area contributed by atoms with E-state index in [0.717, 1.165) is 78.8 Å². The first kappa shape index (κ1) is 27.2. The Balaban J connectivity index is 1.37. The van der Waals surface area contributed by atoms with Crippen LogP contribution in [0.1, 0.15) is 47.8 Å². The van der Waals surface area contributed by atoms with Crippen molar-refractivity contribution in [1.82, 2.24) is 24.3 Å². The van der Waals surface area contributed by atoms with Gasteiger partial charge in [0.2, 0.25) is 11.9 Å². The number of carbonyl (C=O) groups is 2. The molecule has 1 aromatic carbocycles. The fourth-order valence-corrected chi connectivity index (χ4v) is 6.41. The molecule has 9 nitrogen and oxygen atoms in total. The minimum Gasteiger partial charge on any atom is -0.380 e. The quantitative estimate of drug-likeness (QED) is 0.359. The Bertz CT molecular complexity index is 1370. The van der Waals surface area contributed by atoms with Crippen molar-refractivity contribution in [2.24, 2.45) is 0 Å². The number of rotatable bonds is 7. The van der Waals surface area contributed by atoms with Gasteiger partial charge in [-0.1, -0.05) is 18.2 Å². The van der Waals surface area contributed by atoms with Crippen LogP contribution in [0.3, 0.4) is 0 Å². The third-order valence-corrected chi connectivity index (χ3v) is 8.61. The Morgan fingerprint density at radius 2 is 2.05 bits per heavy atom.